The Morgan fingerprint density at radius 2 is 1.64 bits per heavy atom. The molecule has 2 amide bonds. The van der Waals surface area contributed by atoms with Crippen LogP contribution in [0.5, 0.6) is 0 Å². The maximum Gasteiger partial charge on any atom is 0.265 e. The fourth-order valence-electron chi connectivity index (χ4n) is 3.24. The number of anilines is 2. The Bertz CT molecular complexity index is 934. The molecule has 142 valence electrons. The molecule has 0 radical (unpaired) electrons. The lowest BCUT2D eigenvalue weighted by Gasteiger charge is -2.35. The van der Waals surface area contributed by atoms with Gasteiger partial charge < -0.3 is 15.1 Å². The molecule has 4 rings (SSSR count). The summed E-state index contributed by atoms with van der Waals surface area (Å²) in [7, 11) is 0. The van der Waals surface area contributed by atoms with Crippen molar-refractivity contribution in [3.8, 4) is 0 Å². The van der Waals surface area contributed by atoms with Gasteiger partial charge in [0.1, 0.15) is 0 Å². The Hall–Kier alpha value is -3.19. The van der Waals surface area contributed by atoms with E-state index in [4.69, 9.17) is 0 Å². The second kappa shape index (κ2) is 8.22. The largest absolute Gasteiger partial charge is 0.368 e. The van der Waals surface area contributed by atoms with Gasteiger partial charge in [0.15, 0.2) is 12.4 Å². The maximum absolute atomic E-state index is 12.8. The van der Waals surface area contributed by atoms with Crippen LogP contribution in [0.1, 0.15) is 20.0 Å². The summed E-state index contributed by atoms with van der Waals surface area (Å²) >= 11 is 1.40. The molecule has 2 N–H and O–H groups in total. The van der Waals surface area contributed by atoms with Gasteiger partial charge in [0.05, 0.1) is 4.88 Å². The van der Waals surface area contributed by atoms with E-state index in [9.17, 15) is 9.59 Å². The zero-order valence-electron chi connectivity index (χ0n) is 15.3. The zero-order valence-corrected chi connectivity index (χ0v) is 16.1. The molecule has 0 atom stereocenters. The molecule has 0 aliphatic carbocycles. The lowest BCUT2D eigenvalue weighted by atomic mass is 10.1. The molecule has 1 aliphatic rings. The molecule has 1 fully saturated rings. The van der Waals surface area contributed by atoms with Gasteiger partial charge in [0, 0.05) is 55.2 Å². The molecule has 1 saturated heterocycles. The van der Waals surface area contributed by atoms with Crippen LogP contribution < -0.4 is 15.2 Å². The second-order valence-electron chi connectivity index (χ2n) is 6.55. The third-order valence-corrected chi connectivity index (χ3v) is 5.64. The standard InChI is InChI=1S/C21H20N4O2S/c26-20(19-2-1-15-28-19)23-17-5-3-16(4-6-17)21(27)25-13-11-24(12-14-25)18-7-9-22-10-8-18/h1-10,15H,11-14H2,(H,23,26)/p+1. The Morgan fingerprint density at radius 3 is 2.29 bits per heavy atom. The van der Waals surface area contributed by atoms with Crippen LogP contribution in [-0.2, 0) is 0 Å². The van der Waals surface area contributed by atoms with Crippen LogP contribution >= 0.6 is 11.3 Å². The van der Waals surface area contributed by atoms with Crippen molar-refractivity contribution in [2.45, 2.75) is 0 Å². The van der Waals surface area contributed by atoms with E-state index < -0.39 is 0 Å². The Kier molecular flexibility index (Phi) is 5.34. The minimum atomic E-state index is -0.135. The van der Waals surface area contributed by atoms with E-state index in [1.165, 1.54) is 11.3 Å². The van der Waals surface area contributed by atoms with Crippen LogP contribution in [0.2, 0.25) is 0 Å². The van der Waals surface area contributed by atoms with Crippen molar-refractivity contribution in [3.63, 3.8) is 0 Å². The summed E-state index contributed by atoms with van der Waals surface area (Å²) in [5.41, 5.74) is 2.48. The summed E-state index contributed by atoms with van der Waals surface area (Å²) in [5, 5.41) is 4.72. The fraction of sp³-hybridized carbons (Fsp3) is 0.190. The molecular formula is C21H21N4O2S+. The van der Waals surface area contributed by atoms with Gasteiger partial charge in [0.25, 0.3) is 11.8 Å². The topological polar surface area (TPSA) is 66.8 Å². The molecule has 1 aliphatic heterocycles. The van der Waals surface area contributed by atoms with E-state index in [1.54, 1.807) is 30.3 Å². The summed E-state index contributed by atoms with van der Waals surface area (Å²) in [4.78, 5) is 32.7. The van der Waals surface area contributed by atoms with Gasteiger partial charge in [0.2, 0.25) is 0 Å². The van der Waals surface area contributed by atoms with Crippen LogP contribution in [0.3, 0.4) is 0 Å². The van der Waals surface area contributed by atoms with Gasteiger partial charge in [-0.1, -0.05) is 6.07 Å². The number of aromatic nitrogens is 1. The predicted octanol–water partition coefficient (Wildman–Crippen LogP) is 2.78. The molecule has 0 spiro atoms. The number of aromatic amines is 1. The first-order valence-corrected chi connectivity index (χ1v) is 10.0. The molecule has 7 heteroatoms. The summed E-state index contributed by atoms with van der Waals surface area (Å²) in [5.74, 6) is -0.110. The summed E-state index contributed by atoms with van der Waals surface area (Å²) in [6.07, 6.45) is 3.82. The number of benzene rings is 1. The minimum Gasteiger partial charge on any atom is -0.368 e. The first kappa shape index (κ1) is 18.2. The first-order valence-electron chi connectivity index (χ1n) is 9.16. The number of H-pyrrole nitrogens is 1. The number of nitrogens with zero attached hydrogens (tertiary/aromatic N) is 2. The lowest BCUT2D eigenvalue weighted by Crippen LogP contribution is -2.48. The number of nitrogens with one attached hydrogen (secondary N) is 2. The SMILES string of the molecule is O=C(Nc1ccc(C(=O)N2CCN(c3cc[nH+]cc3)CC2)cc1)c1cccs1. The third kappa shape index (κ3) is 4.04. The number of hydrogen-bond acceptors (Lipinski definition) is 4. The van der Waals surface area contributed by atoms with E-state index in [2.05, 4.69) is 15.2 Å². The van der Waals surface area contributed by atoms with Crippen molar-refractivity contribution in [2.24, 2.45) is 0 Å². The molecule has 3 heterocycles. The number of thiophene rings is 1. The van der Waals surface area contributed by atoms with Crippen molar-refractivity contribution >= 4 is 34.5 Å². The highest BCUT2D eigenvalue weighted by molar-refractivity contribution is 7.12. The van der Waals surface area contributed by atoms with E-state index >= 15 is 0 Å². The summed E-state index contributed by atoms with van der Waals surface area (Å²) < 4.78 is 0. The van der Waals surface area contributed by atoms with E-state index in [0.717, 1.165) is 18.8 Å². The number of carbonyl (C=O) groups is 2. The number of rotatable bonds is 4. The fourth-order valence-corrected chi connectivity index (χ4v) is 3.85. The predicted molar refractivity (Wildman–Crippen MR) is 110 cm³/mol. The normalized spacial score (nSPS) is 14.0. The van der Waals surface area contributed by atoms with Gasteiger partial charge in [-0.25, -0.2) is 4.98 Å². The van der Waals surface area contributed by atoms with Crippen molar-refractivity contribution < 1.29 is 14.6 Å². The number of carbonyl (C=O) groups excluding carboxylic acids is 2. The van der Waals surface area contributed by atoms with E-state index in [-0.39, 0.29) is 11.8 Å². The summed E-state index contributed by atoms with van der Waals surface area (Å²) in [6, 6.07) is 14.8. The number of hydrogen-bond donors (Lipinski definition) is 1. The lowest BCUT2D eigenvalue weighted by molar-refractivity contribution is -0.377. The molecule has 2 aromatic heterocycles. The van der Waals surface area contributed by atoms with Crippen LogP contribution in [0.4, 0.5) is 11.4 Å². The molecule has 0 unspecified atom stereocenters. The van der Waals surface area contributed by atoms with Gasteiger partial charge in [-0.3, -0.25) is 9.59 Å². The minimum absolute atomic E-state index is 0.0252. The second-order valence-corrected chi connectivity index (χ2v) is 7.49. The van der Waals surface area contributed by atoms with Crippen molar-refractivity contribution in [3.05, 3.63) is 76.7 Å². The van der Waals surface area contributed by atoms with E-state index in [0.29, 0.717) is 29.2 Å². The Balaban J connectivity index is 1.34. The van der Waals surface area contributed by atoms with Crippen LogP contribution in [0.25, 0.3) is 0 Å². The highest BCUT2D eigenvalue weighted by atomic mass is 32.1. The third-order valence-electron chi connectivity index (χ3n) is 4.77. The molecule has 28 heavy (non-hydrogen) atoms. The van der Waals surface area contributed by atoms with Gasteiger partial charge in [-0.05, 0) is 35.7 Å². The van der Waals surface area contributed by atoms with Gasteiger partial charge in [-0.2, -0.15) is 0 Å². The smallest absolute Gasteiger partial charge is 0.265 e. The van der Waals surface area contributed by atoms with Gasteiger partial charge >= 0.3 is 0 Å². The highest BCUT2D eigenvalue weighted by Gasteiger charge is 2.22. The average Bonchev–Trinajstić information content (AvgIpc) is 3.30. The van der Waals surface area contributed by atoms with Crippen molar-refractivity contribution in [1.29, 1.82) is 0 Å². The van der Waals surface area contributed by atoms with E-state index in [1.807, 2.05) is 40.9 Å². The Morgan fingerprint density at radius 1 is 0.929 bits per heavy atom. The van der Waals surface area contributed by atoms with Crippen molar-refractivity contribution in [2.75, 3.05) is 36.4 Å². The zero-order chi connectivity index (χ0) is 19.3. The average molecular weight is 393 g/mol. The molecular weight excluding hydrogens is 372 g/mol. The molecule has 0 saturated carbocycles. The number of piperazine rings is 1. The number of amides is 2. The van der Waals surface area contributed by atoms with Crippen LogP contribution in [0.15, 0.2) is 66.3 Å². The van der Waals surface area contributed by atoms with Crippen molar-refractivity contribution in [1.82, 2.24) is 4.90 Å². The molecule has 3 aromatic rings. The first-order chi connectivity index (χ1) is 13.7. The molecule has 6 nitrogen and oxygen atoms in total. The number of pyridine rings is 1. The van der Waals surface area contributed by atoms with Crippen LogP contribution in [-0.4, -0.2) is 42.9 Å². The summed E-state index contributed by atoms with van der Waals surface area (Å²) in [6.45, 7) is 3.00. The highest BCUT2D eigenvalue weighted by Crippen LogP contribution is 2.18. The quantitative estimate of drug-likeness (QED) is 0.741. The molecule has 0 bridgehead atoms. The van der Waals surface area contributed by atoms with Gasteiger partial charge in [-0.15, -0.1) is 11.3 Å². The monoisotopic (exact) mass is 393 g/mol. The van der Waals surface area contributed by atoms with Crippen LogP contribution in [0, 0.1) is 0 Å². The maximum atomic E-state index is 12.8. The Labute approximate surface area is 167 Å². The molecule has 1 aromatic carbocycles.